The van der Waals surface area contributed by atoms with Crippen LogP contribution < -0.4 is 4.74 Å². The highest BCUT2D eigenvalue weighted by Gasteiger charge is 2.31. The first-order valence-corrected chi connectivity index (χ1v) is 11.0. The van der Waals surface area contributed by atoms with Crippen LogP contribution in [0.15, 0.2) is 36.5 Å². The minimum absolute atomic E-state index is 0.0144. The van der Waals surface area contributed by atoms with Gasteiger partial charge in [0.25, 0.3) is 5.91 Å². The molecule has 7 nitrogen and oxygen atoms in total. The Morgan fingerprint density at radius 1 is 1.12 bits per heavy atom. The Kier molecular flexibility index (Phi) is 5.69. The van der Waals surface area contributed by atoms with Crippen LogP contribution in [-0.2, 0) is 4.74 Å². The lowest BCUT2D eigenvalue weighted by Crippen LogP contribution is -2.38. The molecule has 2 fully saturated rings. The first kappa shape index (κ1) is 21.7. The van der Waals surface area contributed by atoms with E-state index in [2.05, 4.69) is 19.7 Å². The van der Waals surface area contributed by atoms with Gasteiger partial charge in [-0.1, -0.05) is 0 Å². The summed E-state index contributed by atoms with van der Waals surface area (Å²) < 4.78 is 46.6. The Balaban J connectivity index is 1.25. The molecule has 0 radical (unpaired) electrons. The van der Waals surface area contributed by atoms with Crippen molar-refractivity contribution >= 4 is 17.1 Å². The fraction of sp³-hybridized carbons (Fsp3) is 0.435. The number of carbonyl (C=O) groups excluding carboxylic acids is 1. The molecule has 10 heteroatoms. The Morgan fingerprint density at radius 2 is 1.88 bits per heavy atom. The summed E-state index contributed by atoms with van der Waals surface area (Å²) in [6, 6.07) is 7.04. The van der Waals surface area contributed by atoms with Gasteiger partial charge < -0.3 is 19.4 Å². The van der Waals surface area contributed by atoms with Crippen LogP contribution in [0.5, 0.6) is 5.75 Å². The number of nitrogens with one attached hydrogen (secondary N) is 1. The van der Waals surface area contributed by atoms with Crippen molar-refractivity contribution in [1.82, 2.24) is 19.9 Å². The maximum atomic E-state index is 12.8. The number of benzene rings is 1. The van der Waals surface area contributed by atoms with Gasteiger partial charge in [-0.15, -0.1) is 13.2 Å². The van der Waals surface area contributed by atoms with Crippen LogP contribution in [0.1, 0.15) is 59.5 Å². The van der Waals surface area contributed by atoms with Crippen molar-refractivity contribution in [2.45, 2.75) is 44.1 Å². The smallest absolute Gasteiger partial charge is 0.406 e. The Hall–Kier alpha value is -3.14. The van der Waals surface area contributed by atoms with Crippen molar-refractivity contribution < 1.29 is 27.4 Å². The number of carbonyl (C=O) groups is 1. The monoisotopic (exact) mass is 460 g/mol. The third-order valence-corrected chi connectivity index (χ3v) is 6.23. The van der Waals surface area contributed by atoms with Gasteiger partial charge in [0.15, 0.2) is 5.65 Å². The summed E-state index contributed by atoms with van der Waals surface area (Å²) in [6.45, 7) is 1.86. The number of likely N-dealkylation sites (tertiary alicyclic amines) is 1. The molecule has 3 aromatic rings. The van der Waals surface area contributed by atoms with E-state index in [0.717, 1.165) is 61.3 Å². The number of alkyl halides is 3. The normalized spacial score (nSPS) is 19.8. The van der Waals surface area contributed by atoms with Crippen molar-refractivity contribution in [2.24, 2.45) is 0 Å². The van der Waals surface area contributed by atoms with Crippen molar-refractivity contribution in [3.05, 3.63) is 53.5 Å². The SMILES string of the molecule is O=C(c1ccc(OC(F)(F)F)cc1)N1CCC(c2ccnc3nc([C@H]4CCCO4)[nH]c23)CC1. The summed E-state index contributed by atoms with van der Waals surface area (Å²) in [6.07, 6.45) is 0.499. The minimum atomic E-state index is -4.76. The zero-order valence-electron chi connectivity index (χ0n) is 17.8. The van der Waals surface area contributed by atoms with Crippen molar-refractivity contribution in [3.63, 3.8) is 0 Å². The number of amides is 1. The van der Waals surface area contributed by atoms with E-state index in [1.165, 1.54) is 12.1 Å². The minimum Gasteiger partial charge on any atom is -0.406 e. The maximum Gasteiger partial charge on any atom is 0.573 e. The second-order valence-corrected chi connectivity index (χ2v) is 8.36. The molecule has 33 heavy (non-hydrogen) atoms. The molecule has 4 heterocycles. The third kappa shape index (κ3) is 4.66. The van der Waals surface area contributed by atoms with Gasteiger partial charge in [-0.2, -0.15) is 0 Å². The van der Waals surface area contributed by atoms with E-state index in [1.807, 2.05) is 6.07 Å². The summed E-state index contributed by atoms with van der Waals surface area (Å²) in [5, 5.41) is 0. The van der Waals surface area contributed by atoms with Gasteiger partial charge in [-0.05, 0) is 67.5 Å². The lowest BCUT2D eigenvalue weighted by atomic mass is 9.89. The van der Waals surface area contributed by atoms with E-state index < -0.39 is 6.36 Å². The van der Waals surface area contributed by atoms with Crippen molar-refractivity contribution in [1.29, 1.82) is 0 Å². The summed E-state index contributed by atoms with van der Waals surface area (Å²) in [5.74, 6) is 0.517. The van der Waals surface area contributed by atoms with E-state index >= 15 is 0 Å². The molecule has 0 spiro atoms. The Morgan fingerprint density at radius 3 is 2.55 bits per heavy atom. The molecule has 0 bridgehead atoms. The standard InChI is InChI=1S/C23H23F3N4O3/c24-23(25,26)33-16-5-3-15(4-6-16)22(31)30-11-8-14(9-12-30)17-7-10-27-21-19(17)28-20(29-21)18-2-1-13-32-18/h3-7,10,14,18H,1-2,8-9,11-13H2,(H,27,28,29)/t18-/m1/s1. The fourth-order valence-electron chi connectivity index (χ4n) is 4.61. The van der Waals surface area contributed by atoms with E-state index in [1.54, 1.807) is 11.1 Å². The number of halogens is 3. The number of ether oxygens (including phenoxy) is 2. The summed E-state index contributed by atoms with van der Waals surface area (Å²) >= 11 is 0. The number of pyridine rings is 1. The summed E-state index contributed by atoms with van der Waals surface area (Å²) in [7, 11) is 0. The van der Waals surface area contributed by atoms with Crippen LogP contribution in [0.4, 0.5) is 13.2 Å². The number of aromatic amines is 1. The van der Waals surface area contributed by atoms with Gasteiger partial charge in [0.05, 0.1) is 5.52 Å². The number of piperidine rings is 1. The van der Waals surface area contributed by atoms with Crippen LogP contribution in [0, 0.1) is 0 Å². The van der Waals surface area contributed by atoms with Crippen LogP contribution in [0.2, 0.25) is 0 Å². The molecule has 2 aliphatic heterocycles. The van der Waals surface area contributed by atoms with Crippen LogP contribution in [0.25, 0.3) is 11.2 Å². The molecule has 2 aliphatic rings. The highest BCUT2D eigenvalue weighted by atomic mass is 19.4. The number of H-pyrrole nitrogens is 1. The topological polar surface area (TPSA) is 80.3 Å². The molecule has 5 rings (SSSR count). The predicted octanol–water partition coefficient (Wildman–Crippen LogP) is 4.73. The number of fused-ring (bicyclic) bond motifs is 1. The van der Waals surface area contributed by atoms with E-state index in [-0.39, 0.29) is 23.7 Å². The molecule has 0 saturated carbocycles. The Labute approximate surface area is 187 Å². The zero-order valence-corrected chi connectivity index (χ0v) is 17.8. The van der Waals surface area contributed by atoms with E-state index in [4.69, 9.17) is 4.74 Å². The number of hydrogen-bond donors (Lipinski definition) is 1. The van der Waals surface area contributed by atoms with Gasteiger partial charge >= 0.3 is 6.36 Å². The molecule has 1 amide bonds. The van der Waals surface area contributed by atoms with Gasteiger partial charge in [0, 0.05) is 31.5 Å². The van der Waals surface area contributed by atoms with Gasteiger partial charge in [-0.25, -0.2) is 9.97 Å². The predicted molar refractivity (Wildman–Crippen MR) is 113 cm³/mol. The molecule has 0 unspecified atom stereocenters. The molecule has 0 aliphatic carbocycles. The number of hydrogen-bond acceptors (Lipinski definition) is 5. The molecule has 1 atom stereocenters. The number of aromatic nitrogens is 3. The maximum absolute atomic E-state index is 12.8. The van der Waals surface area contributed by atoms with E-state index in [9.17, 15) is 18.0 Å². The zero-order chi connectivity index (χ0) is 23.0. The second kappa shape index (κ2) is 8.66. The molecule has 2 aromatic heterocycles. The highest BCUT2D eigenvalue weighted by Crippen LogP contribution is 2.34. The molecular weight excluding hydrogens is 437 g/mol. The summed E-state index contributed by atoms with van der Waals surface area (Å²) in [4.78, 5) is 27.0. The lowest BCUT2D eigenvalue weighted by molar-refractivity contribution is -0.274. The Bertz CT molecular complexity index is 1130. The largest absolute Gasteiger partial charge is 0.573 e. The molecule has 1 N–H and O–H groups in total. The second-order valence-electron chi connectivity index (χ2n) is 8.36. The molecule has 174 valence electrons. The lowest BCUT2D eigenvalue weighted by Gasteiger charge is -2.32. The van der Waals surface area contributed by atoms with Crippen LogP contribution in [0.3, 0.4) is 0 Å². The number of imidazole rings is 1. The average Bonchev–Trinajstić information content (AvgIpc) is 3.48. The van der Waals surface area contributed by atoms with Crippen molar-refractivity contribution in [2.75, 3.05) is 19.7 Å². The van der Waals surface area contributed by atoms with Gasteiger partial charge in [0.1, 0.15) is 17.7 Å². The number of rotatable bonds is 4. The average molecular weight is 460 g/mol. The number of nitrogens with zero attached hydrogens (tertiary/aromatic N) is 3. The first-order valence-electron chi connectivity index (χ1n) is 11.0. The fourth-order valence-corrected chi connectivity index (χ4v) is 4.61. The highest BCUT2D eigenvalue weighted by molar-refractivity contribution is 5.94. The van der Waals surface area contributed by atoms with Crippen LogP contribution >= 0.6 is 0 Å². The third-order valence-electron chi connectivity index (χ3n) is 6.23. The van der Waals surface area contributed by atoms with Crippen molar-refractivity contribution in [3.8, 4) is 5.75 Å². The molecule has 2 saturated heterocycles. The van der Waals surface area contributed by atoms with Gasteiger partial charge in [0.2, 0.25) is 0 Å². The molecule has 1 aromatic carbocycles. The first-order chi connectivity index (χ1) is 15.9. The van der Waals surface area contributed by atoms with Crippen LogP contribution in [-0.4, -0.2) is 51.8 Å². The quantitative estimate of drug-likeness (QED) is 0.609. The van der Waals surface area contributed by atoms with Gasteiger partial charge in [-0.3, -0.25) is 4.79 Å². The summed E-state index contributed by atoms with van der Waals surface area (Å²) in [5.41, 5.74) is 3.08. The molecular formula is C23H23F3N4O3. The van der Waals surface area contributed by atoms with E-state index in [0.29, 0.717) is 24.3 Å².